The van der Waals surface area contributed by atoms with Crippen molar-refractivity contribution >= 4 is 29.8 Å². The van der Waals surface area contributed by atoms with Gasteiger partial charge in [0.05, 0.1) is 12.1 Å². The number of carboxylic acids is 2. The van der Waals surface area contributed by atoms with Gasteiger partial charge in [-0.1, -0.05) is 86.1 Å². The summed E-state index contributed by atoms with van der Waals surface area (Å²) in [5, 5.41) is 16.6. The first kappa shape index (κ1) is 29.8. The van der Waals surface area contributed by atoms with Gasteiger partial charge in [-0.3, -0.25) is 9.69 Å². The number of carbonyl (C=O) groups excluding carboxylic acids is 1. The van der Waals surface area contributed by atoms with Crippen molar-refractivity contribution in [3.05, 3.63) is 101 Å². The predicted molar refractivity (Wildman–Crippen MR) is 144 cm³/mol. The molecule has 1 heterocycles. The number of hydrogen-bond donors (Lipinski definition) is 2. The van der Waals surface area contributed by atoms with Crippen LogP contribution in [0.2, 0.25) is 0 Å². The molecule has 40 heavy (non-hydrogen) atoms. The Hall–Kier alpha value is -4.73. The Bertz CT molecular complexity index is 1420. The van der Waals surface area contributed by atoms with Crippen LogP contribution in [0.25, 0.3) is 17.2 Å². The SMILES string of the molecule is CCCCC1=NC(=Cc2ccccc2)C(=O)N1Cc1ccc(-c2ccccc2C(=O)O)cc1.O=C(O)C(F)(F)F. The quantitative estimate of drug-likeness (QED) is 0.304. The molecule has 3 aromatic carbocycles. The van der Waals surface area contributed by atoms with E-state index in [9.17, 15) is 27.9 Å². The number of nitrogens with zero attached hydrogens (tertiary/aromatic N) is 2. The average Bonchev–Trinajstić information content (AvgIpc) is 3.21. The van der Waals surface area contributed by atoms with Gasteiger partial charge in [-0.15, -0.1) is 0 Å². The Labute approximate surface area is 228 Å². The summed E-state index contributed by atoms with van der Waals surface area (Å²) in [6.45, 7) is 2.55. The Morgan fingerprint density at radius 3 is 2.10 bits per heavy atom. The fourth-order valence-corrected chi connectivity index (χ4v) is 3.89. The molecular weight excluding hydrogens is 525 g/mol. The maximum atomic E-state index is 13.2. The lowest BCUT2D eigenvalue weighted by molar-refractivity contribution is -0.192. The number of halogens is 3. The Morgan fingerprint density at radius 2 is 1.52 bits per heavy atom. The van der Waals surface area contributed by atoms with E-state index in [2.05, 4.69) is 11.9 Å². The summed E-state index contributed by atoms with van der Waals surface area (Å²) in [7, 11) is 0. The zero-order chi connectivity index (χ0) is 29.3. The molecule has 1 aliphatic rings. The van der Waals surface area contributed by atoms with Gasteiger partial charge in [-0.05, 0) is 40.8 Å². The second-order valence-corrected chi connectivity index (χ2v) is 8.81. The maximum absolute atomic E-state index is 13.2. The fourth-order valence-electron chi connectivity index (χ4n) is 3.89. The van der Waals surface area contributed by atoms with Gasteiger partial charge in [-0.2, -0.15) is 13.2 Å². The van der Waals surface area contributed by atoms with E-state index in [1.165, 1.54) is 0 Å². The highest BCUT2D eigenvalue weighted by molar-refractivity contribution is 6.14. The number of aliphatic imine (C=N–C) groups is 1. The number of carboxylic acid groups (broad SMARTS) is 2. The third-order valence-electron chi connectivity index (χ3n) is 5.89. The lowest BCUT2D eigenvalue weighted by Gasteiger charge is -2.18. The lowest BCUT2D eigenvalue weighted by Crippen LogP contribution is -2.31. The van der Waals surface area contributed by atoms with Crippen LogP contribution >= 0.6 is 0 Å². The minimum absolute atomic E-state index is 0.0924. The number of rotatable bonds is 8. The first-order chi connectivity index (χ1) is 19.0. The number of hydrogen-bond acceptors (Lipinski definition) is 4. The van der Waals surface area contributed by atoms with E-state index in [1.54, 1.807) is 23.1 Å². The number of amidine groups is 1. The molecule has 0 bridgehead atoms. The Kier molecular flexibility index (Phi) is 9.97. The van der Waals surface area contributed by atoms with E-state index < -0.39 is 18.1 Å². The van der Waals surface area contributed by atoms with Gasteiger partial charge in [0.2, 0.25) is 0 Å². The molecule has 0 spiro atoms. The molecule has 10 heteroatoms. The first-order valence-corrected chi connectivity index (χ1v) is 12.4. The van der Waals surface area contributed by atoms with Crippen molar-refractivity contribution < 1.29 is 37.8 Å². The standard InChI is InChI=1S/C28H26N2O3.C2HF3O2/c1-2-3-13-26-29-25(18-20-9-5-4-6-10-20)27(31)30(26)19-21-14-16-22(17-15-21)23-11-7-8-12-24(23)28(32)33;3-2(4,5)1(6)7/h4-12,14-18H,2-3,13,19H2,1H3,(H,32,33);(H,6,7). The summed E-state index contributed by atoms with van der Waals surface area (Å²) in [5.74, 6) is -3.01. The molecule has 0 radical (unpaired) electrons. The lowest BCUT2D eigenvalue weighted by atomic mass is 9.98. The second kappa shape index (κ2) is 13.4. The molecule has 1 aliphatic heterocycles. The smallest absolute Gasteiger partial charge is 0.478 e. The van der Waals surface area contributed by atoms with Crippen molar-refractivity contribution in [3.8, 4) is 11.1 Å². The monoisotopic (exact) mass is 552 g/mol. The van der Waals surface area contributed by atoms with Crippen LogP contribution in [0.4, 0.5) is 13.2 Å². The minimum Gasteiger partial charge on any atom is -0.478 e. The molecule has 4 rings (SSSR count). The van der Waals surface area contributed by atoms with Crippen LogP contribution in [-0.2, 0) is 16.1 Å². The number of benzene rings is 3. The van der Waals surface area contributed by atoms with Crippen molar-refractivity contribution in [2.45, 2.75) is 38.9 Å². The third-order valence-corrected chi connectivity index (χ3v) is 5.89. The van der Waals surface area contributed by atoms with Crippen LogP contribution < -0.4 is 0 Å². The van der Waals surface area contributed by atoms with Crippen LogP contribution in [0.1, 0.15) is 47.7 Å². The second-order valence-electron chi connectivity index (χ2n) is 8.81. The van der Waals surface area contributed by atoms with Crippen LogP contribution in [0.3, 0.4) is 0 Å². The summed E-state index contributed by atoms with van der Waals surface area (Å²) in [5.41, 5.74) is 4.14. The summed E-state index contributed by atoms with van der Waals surface area (Å²) in [6.07, 6.45) is -0.513. The van der Waals surface area contributed by atoms with Gasteiger partial charge in [0.25, 0.3) is 5.91 Å². The molecule has 0 fully saturated rings. The van der Waals surface area contributed by atoms with Gasteiger partial charge in [0, 0.05) is 6.42 Å². The molecule has 208 valence electrons. The number of unbranched alkanes of at least 4 members (excludes halogenated alkanes) is 1. The number of amides is 1. The number of carbonyl (C=O) groups is 3. The molecule has 0 unspecified atom stereocenters. The molecule has 0 aromatic heterocycles. The van der Waals surface area contributed by atoms with Gasteiger partial charge < -0.3 is 10.2 Å². The maximum Gasteiger partial charge on any atom is 0.490 e. The molecule has 3 aromatic rings. The molecule has 2 N–H and O–H groups in total. The topological polar surface area (TPSA) is 107 Å². The highest BCUT2D eigenvalue weighted by atomic mass is 19.4. The Balaban J connectivity index is 0.000000559. The van der Waals surface area contributed by atoms with E-state index in [1.807, 2.05) is 66.7 Å². The van der Waals surface area contributed by atoms with Crippen molar-refractivity contribution in [2.75, 3.05) is 0 Å². The van der Waals surface area contributed by atoms with E-state index in [4.69, 9.17) is 9.90 Å². The Morgan fingerprint density at radius 1 is 0.925 bits per heavy atom. The van der Waals surface area contributed by atoms with Gasteiger partial charge in [0.1, 0.15) is 11.5 Å². The van der Waals surface area contributed by atoms with Crippen molar-refractivity contribution in [2.24, 2.45) is 4.99 Å². The van der Waals surface area contributed by atoms with Gasteiger partial charge in [-0.25, -0.2) is 14.6 Å². The van der Waals surface area contributed by atoms with Crippen molar-refractivity contribution in [1.82, 2.24) is 4.90 Å². The fraction of sp³-hybridized carbons (Fsp3) is 0.200. The summed E-state index contributed by atoms with van der Waals surface area (Å²) in [4.78, 5) is 40.0. The molecule has 0 saturated carbocycles. The summed E-state index contributed by atoms with van der Waals surface area (Å²) < 4.78 is 31.7. The van der Waals surface area contributed by atoms with E-state index in [0.717, 1.165) is 41.8 Å². The number of alkyl halides is 3. The average molecular weight is 553 g/mol. The predicted octanol–water partition coefficient (Wildman–Crippen LogP) is 6.66. The highest BCUT2D eigenvalue weighted by Crippen LogP contribution is 2.26. The van der Waals surface area contributed by atoms with Crippen LogP contribution in [0, 0.1) is 0 Å². The minimum atomic E-state index is -5.08. The van der Waals surface area contributed by atoms with Crippen LogP contribution in [-0.4, -0.2) is 45.0 Å². The molecule has 7 nitrogen and oxygen atoms in total. The molecular formula is C30H27F3N2O5. The summed E-state index contributed by atoms with van der Waals surface area (Å²) in [6, 6.07) is 24.4. The van der Waals surface area contributed by atoms with E-state index >= 15 is 0 Å². The molecule has 0 atom stereocenters. The number of aromatic carboxylic acids is 1. The van der Waals surface area contributed by atoms with E-state index in [-0.39, 0.29) is 11.5 Å². The molecule has 0 saturated heterocycles. The molecule has 0 aliphatic carbocycles. The van der Waals surface area contributed by atoms with Crippen molar-refractivity contribution in [3.63, 3.8) is 0 Å². The van der Waals surface area contributed by atoms with Gasteiger partial charge >= 0.3 is 18.1 Å². The first-order valence-electron chi connectivity index (χ1n) is 12.4. The number of aliphatic carboxylic acids is 1. The van der Waals surface area contributed by atoms with E-state index in [0.29, 0.717) is 17.8 Å². The summed E-state index contributed by atoms with van der Waals surface area (Å²) >= 11 is 0. The zero-order valence-corrected chi connectivity index (χ0v) is 21.6. The van der Waals surface area contributed by atoms with Gasteiger partial charge in [0.15, 0.2) is 0 Å². The zero-order valence-electron chi connectivity index (χ0n) is 21.6. The van der Waals surface area contributed by atoms with Crippen LogP contribution in [0.5, 0.6) is 0 Å². The largest absolute Gasteiger partial charge is 0.490 e. The highest BCUT2D eigenvalue weighted by Gasteiger charge is 2.38. The van der Waals surface area contributed by atoms with Crippen LogP contribution in [0.15, 0.2) is 89.6 Å². The van der Waals surface area contributed by atoms with Crippen molar-refractivity contribution in [1.29, 1.82) is 0 Å². The molecule has 1 amide bonds. The third kappa shape index (κ3) is 7.89. The normalized spacial score (nSPS) is 14.0.